The zero-order valence-electron chi connectivity index (χ0n) is 21.0. The number of allylic oxidation sites excluding steroid dienone is 3. The van der Waals surface area contributed by atoms with Gasteiger partial charge in [0.1, 0.15) is 5.82 Å². The zero-order chi connectivity index (χ0) is 24.9. The fourth-order valence-corrected chi connectivity index (χ4v) is 3.77. The van der Waals surface area contributed by atoms with Gasteiger partial charge in [-0.05, 0) is 88.4 Å². The smallest absolute Gasteiger partial charge is 0.253 e. The monoisotopic (exact) mass is 446 g/mol. The van der Waals surface area contributed by atoms with Crippen molar-refractivity contribution < 1.29 is 9.18 Å². The van der Waals surface area contributed by atoms with Crippen LogP contribution in [0.1, 0.15) is 61.2 Å². The molecule has 33 heavy (non-hydrogen) atoms. The van der Waals surface area contributed by atoms with Crippen LogP contribution in [0.25, 0.3) is 11.6 Å². The van der Waals surface area contributed by atoms with Crippen LogP contribution in [-0.4, -0.2) is 22.8 Å². The van der Waals surface area contributed by atoms with Gasteiger partial charge in [-0.1, -0.05) is 42.0 Å². The lowest BCUT2D eigenvalue weighted by atomic mass is 9.99. The van der Waals surface area contributed by atoms with Crippen molar-refractivity contribution in [3.8, 4) is 0 Å². The number of halogens is 1. The molecule has 0 unspecified atom stereocenters. The first-order chi connectivity index (χ1) is 15.4. The Bertz CT molecular complexity index is 1150. The van der Waals surface area contributed by atoms with Crippen molar-refractivity contribution in [2.45, 2.75) is 54.5 Å². The molecule has 0 atom stereocenters. The van der Waals surface area contributed by atoms with Gasteiger partial charge in [-0.3, -0.25) is 9.78 Å². The van der Waals surface area contributed by atoms with Crippen molar-refractivity contribution in [1.29, 1.82) is 0 Å². The SMILES string of the molecule is C=C(/C=C(\C)Cc1cnc(C=C(C)C)c(C)c1)C(=O)N(C)Cc1cc(C(=C)C)c(C)cc1F. The molecule has 0 saturated carbocycles. The summed E-state index contributed by atoms with van der Waals surface area (Å²) in [4.78, 5) is 18.9. The fraction of sp³-hybridized carbons (Fsp3) is 0.310. The Morgan fingerprint density at radius 3 is 2.33 bits per heavy atom. The van der Waals surface area contributed by atoms with Gasteiger partial charge in [0.2, 0.25) is 0 Å². The molecule has 3 nitrogen and oxygen atoms in total. The van der Waals surface area contributed by atoms with Gasteiger partial charge in [0.05, 0.1) is 5.69 Å². The Balaban J connectivity index is 2.11. The van der Waals surface area contributed by atoms with E-state index in [4.69, 9.17) is 0 Å². The number of likely N-dealkylation sites (N-methyl/N-ethyl adjacent to an activating group) is 1. The largest absolute Gasteiger partial charge is 0.337 e. The highest BCUT2D eigenvalue weighted by Crippen LogP contribution is 2.23. The maximum atomic E-state index is 14.5. The highest BCUT2D eigenvalue weighted by atomic mass is 19.1. The normalized spacial score (nSPS) is 11.2. The predicted molar refractivity (Wildman–Crippen MR) is 137 cm³/mol. The summed E-state index contributed by atoms with van der Waals surface area (Å²) >= 11 is 0. The fourth-order valence-electron chi connectivity index (χ4n) is 3.77. The molecule has 174 valence electrons. The van der Waals surface area contributed by atoms with E-state index in [0.29, 0.717) is 17.6 Å². The first-order valence-electron chi connectivity index (χ1n) is 11.1. The molecule has 1 aromatic carbocycles. The molecule has 1 aromatic heterocycles. The maximum absolute atomic E-state index is 14.5. The van der Waals surface area contributed by atoms with Gasteiger partial charge in [-0.2, -0.15) is 0 Å². The van der Waals surface area contributed by atoms with E-state index in [2.05, 4.69) is 30.3 Å². The second kappa shape index (κ2) is 11.0. The van der Waals surface area contributed by atoms with Crippen molar-refractivity contribution >= 4 is 17.6 Å². The number of amides is 1. The zero-order valence-corrected chi connectivity index (χ0v) is 21.0. The first kappa shape index (κ1) is 26.0. The molecule has 0 aliphatic rings. The number of aromatic nitrogens is 1. The summed E-state index contributed by atoms with van der Waals surface area (Å²) in [6.07, 6.45) is 6.40. The topological polar surface area (TPSA) is 33.2 Å². The van der Waals surface area contributed by atoms with E-state index < -0.39 is 0 Å². The van der Waals surface area contributed by atoms with Crippen LogP contribution in [0.3, 0.4) is 0 Å². The number of nitrogens with zero attached hydrogens (tertiary/aromatic N) is 2. The molecule has 0 fully saturated rings. The molecule has 2 rings (SSSR count). The Kier molecular flexibility index (Phi) is 8.69. The van der Waals surface area contributed by atoms with E-state index in [1.54, 1.807) is 19.2 Å². The Labute approximate surface area is 198 Å². The van der Waals surface area contributed by atoms with Gasteiger partial charge in [-0.15, -0.1) is 0 Å². The molecule has 4 heteroatoms. The van der Waals surface area contributed by atoms with E-state index in [-0.39, 0.29) is 18.3 Å². The van der Waals surface area contributed by atoms with Crippen molar-refractivity contribution in [2.75, 3.05) is 7.05 Å². The Morgan fingerprint density at radius 1 is 1.09 bits per heavy atom. The lowest BCUT2D eigenvalue weighted by Crippen LogP contribution is -2.27. The third-order valence-corrected chi connectivity index (χ3v) is 5.39. The van der Waals surface area contributed by atoms with Gasteiger partial charge >= 0.3 is 0 Å². The number of hydrogen-bond donors (Lipinski definition) is 0. The summed E-state index contributed by atoms with van der Waals surface area (Å²) in [5.41, 5.74) is 8.80. The summed E-state index contributed by atoms with van der Waals surface area (Å²) in [5.74, 6) is -0.562. The lowest BCUT2D eigenvalue weighted by Gasteiger charge is -2.19. The van der Waals surface area contributed by atoms with E-state index in [9.17, 15) is 9.18 Å². The molecule has 0 spiro atoms. The first-order valence-corrected chi connectivity index (χ1v) is 11.1. The quantitative estimate of drug-likeness (QED) is 0.323. The van der Waals surface area contributed by atoms with Crippen molar-refractivity contribution in [1.82, 2.24) is 9.88 Å². The van der Waals surface area contributed by atoms with Crippen LogP contribution in [0, 0.1) is 19.7 Å². The number of benzene rings is 1. The molecule has 0 saturated heterocycles. The number of pyridine rings is 1. The number of rotatable bonds is 8. The van der Waals surface area contributed by atoms with Crippen LogP contribution in [0.4, 0.5) is 4.39 Å². The van der Waals surface area contributed by atoms with Crippen LogP contribution < -0.4 is 0 Å². The van der Waals surface area contributed by atoms with Crippen molar-refractivity contribution in [3.05, 3.63) is 99.7 Å². The van der Waals surface area contributed by atoms with Gasteiger partial charge in [0, 0.05) is 30.9 Å². The Hall–Kier alpha value is -3.27. The van der Waals surface area contributed by atoms with Crippen LogP contribution in [0.15, 0.2) is 60.3 Å². The molecule has 0 N–H and O–H groups in total. The second-order valence-electron chi connectivity index (χ2n) is 9.16. The molecule has 1 heterocycles. The molecule has 0 aliphatic carbocycles. The number of carbonyl (C=O) groups is 1. The van der Waals surface area contributed by atoms with Gasteiger partial charge < -0.3 is 4.90 Å². The van der Waals surface area contributed by atoms with Crippen LogP contribution in [-0.2, 0) is 17.8 Å². The maximum Gasteiger partial charge on any atom is 0.253 e. The Morgan fingerprint density at radius 2 is 1.76 bits per heavy atom. The van der Waals surface area contributed by atoms with E-state index in [1.807, 2.05) is 47.7 Å². The van der Waals surface area contributed by atoms with Crippen molar-refractivity contribution in [2.24, 2.45) is 0 Å². The standard InChI is InChI=1S/C29H35FN2O/c1-18(2)10-28-22(7)13-24(16-31-28)12-20(5)11-23(8)29(33)32(9)17-25-15-26(19(3)4)21(6)14-27(25)30/h10-11,13-16H,3,8,12,17H2,1-2,4-7,9H3/b20-11+. The summed E-state index contributed by atoms with van der Waals surface area (Å²) in [6.45, 7) is 19.9. The molecular formula is C29H35FN2O. The highest BCUT2D eigenvalue weighted by Gasteiger charge is 2.16. The number of hydrogen-bond acceptors (Lipinski definition) is 2. The number of carbonyl (C=O) groups excluding carboxylic acids is 1. The van der Waals surface area contributed by atoms with Crippen LogP contribution in [0.5, 0.6) is 0 Å². The van der Waals surface area contributed by atoms with E-state index in [1.165, 1.54) is 16.5 Å². The van der Waals surface area contributed by atoms with Gasteiger partial charge in [0.15, 0.2) is 0 Å². The third-order valence-electron chi connectivity index (χ3n) is 5.39. The average molecular weight is 447 g/mol. The molecule has 0 radical (unpaired) electrons. The molecule has 0 aliphatic heterocycles. The molecular weight excluding hydrogens is 411 g/mol. The van der Waals surface area contributed by atoms with Gasteiger partial charge in [0.25, 0.3) is 5.91 Å². The molecule has 1 amide bonds. The summed E-state index contributed by atoms with van der Waals surface area (Å²) in [5, 5.41) is 0. The minimum atomic E-state index is -0.325. The minimum Gasteiger partial charge on any atom is -0.337 e. The summed E-state index contributed by atoms with van der Waals surface area (Å²) in [7, 11) is 1.66. The summed E-state index contributed by atoms with van der Waals surface area (Å²) in [6, 6.07) is 5.39. The van der Waals surface area contributed by atoms with Crippen LogP contribution >= 0.6 is 0 Å². The summed E-state index contributed by atoms with van der Waals surface area (Å²) < 4.78 is 14.5. The highest BCUT2D eigenvalue weighted by molar-refractivity contribution is 5.95. The third kappa shape index (κ3) is 7.11. The van der Waals surface area contributed by atoms with Crippen LogP contribution in [0.2, 0.25) is 0 Å². The molecule has 0 bridgehead atoms. The molecule has 2 aromatic rings. The van der Waals surface area contributed by atoms with E-state index >= 15 is 0 Å². The average Bonchev–Trinajstić information content (AvgIpc) is 2.70. The van der Waals surface area contributed by atoms with E-state index in [0.717, 1.165) is 39.1 Å². The minimum absolute atomic E-state index is 0.159. The second-order valence-corrected chi connectivity index (χ2v) is 9.16. The predicted octanol–water partition coefficient (Wildman–Crippen LogP) is 7.00. The lowest BCUT2D eigenvalue weighted by molar-refractivity contribution is -0.126. The number of aryl methyl sites for hydroxylation is 2. The van der Waals surface area contributed by atoms with Crippen molar-refractivity contribution in [3.63, 3.8) is 0 Å². The van der Waals surface area contributed by atoms with Gasteiger partial charge in [-0.25, -0.2) is 4.39 Å².